The number of aromatic nitrogens is 3. The summed E-state index contributed by atoms with van der Waals surface area (Å²) < 4.78 is 7.42. The minimum absolute atomic E-state index is 0.146. The molecule has 0 aliphatic heterocycles. The number of halogens is 1. The van der Waals surface area contributed by atoms with Gasteiger partial charge in [0.25, 0.3) is 0 Å². The summed E-state index contributed by atoms with van der Waals surface area (Å²) >= 11 is 6.32. The Bertz CT molecular complexity index is 585. The van der Waals surface area contributed by atoms with Gasteiger partial charge in [-0.25, -0.2) is 0 Å². The number of methoxy groups -OCH3 is 1. The SMILES string of the molecule is CCCn1ncc(OC)c1C(NCC)c1ncccc1Cl. The van der Waals surface area contributed by atoms with Gasteiger partial charge in [0.15, 0.2) is 5.75 Å². The molecule has 2 aromatic heterocycles. The molecule has 0 spiro atoms. The third kappa shape index (κ3) is 3.36. The van der Waals surface area contributed by atoms with Gasteiger partial charge in [0.2, 0.25) is 0 Å². The molecule has 21 heavy (non-hydrogen) atoms. The molecule has 6 heteroatoms. The van der Waals surface area contributed by atoms with Crippen LogP contribution in [0.3, 0.4) is 0 Å². The summed E-state index contributed by atoms with van der Waals surface area (Å²) in [6.07, 6.45) is 4.48. The van der Waals surface area contributed by atoms with Crippen LogP contribution in [0.2, 0.25) is 5.02 Å². The van der Waals surface area contributed by atoms with Crippen LogP contribution in [0.4, 0.5) is 0 Å². The predicted octanol–water partition coefficient (Wildman–Crippen LogP) is 3.05. The summed E-state index contributed by atoms with van der Waals surface area (Å²) in [5, 5.41) is 8.48. The maximum atomic E-state index is 6.32. The largest absolute Gasteiger partial charge is 0.493 e. The maximum Gasteiger partial charge on any atom is 0.161 e. The van der Waals surface area contributed by atoms with E-state index in [0.29, 0.717) is 5.02 Å². The summed E-state index contributed by atoms with van der Waals surface area (Å²) in [7, 11) is 1.65. The van der Waals surface area contributed by atoms with Crippen molar-refractivity contribution in [3.63, 3.8) is 0 Å². The smallest absolute Gasteiger partial charge is 0.161 e. The highest BCUT2D eigenvalue weighted by Crippen LogP contribution is 2.32. The summed E-state index contributed by atoms with van der Waals surface area (Å²) in [5.41, 5.74) is 1.75. The van der Waals surface area contributed by atoms with Crippen LogP contribution in [0.5, 0.6) is 5.75 Å². The molecule has 0 amide bonds. The van der Waals surface area contributed by atoms with E-state index >= 15 is 0 Å². The lowest BCUT2D eigenvalue weighted by atomic mass is 10.1. The van der Waals surface area contributed by atoms with Gasteiger partial charge in [-0.2, -0.15) is 5.10 Å². The van der Waals surface area contributed by atoms with Crippen molar-refractivity contribution in [3.8, 4) is 5.75 Å². The minimum Gasteiger partial charge on any atom is -0.493 e. The van der Waals surface area contributed by atoms with Gasteiger partial charge in [-0.3, -0.25) is 9.67 Å². The van der Waals surface area contributed by atoms with Crippen LogP contribution in [0.1, 0.15) is 37.7 Å². The van der Waals surface area contributed by atoms with E-state index in [9.17, 15) is 0 Å². The van der Waals surface area contributed by atoms with Gasteiger partial charge in [-0.15, -0.1) is 0 Å². The molecule has 0 radical (unpaired) electrons. The van der Waals surface area contributed by atoms with Crippen LogP contribution in [-0.2, 0) is 6.54 Å². The number of aryl methyl sites for hydroxylation is 1. The quantitative estimate of drug-likeness (QED) is 0.854. The van der Waals surface area contributed by atoms with Gasteiger partial charge in [0.05, 0.1) is 30.1 Å². The molecule has 5 nitrogen and oxygen atoms in total. The lowest BCUT2D eigenvalue weighted by molar-refractivity contribution is 0.397. The summed E-state index contributed by atoms with van der Waals surface area (Å²) in [6, 6.07) is 3.53. The van der Waals surface area contributed by atoms with Crippen LogP contribution < -0.4 is 10.1 Å². The Kier molecular flexibility index (Phi) is 5.59. The Hall–Kier alpha value is -1.59. The Balaban J connectivity index is 2.52. The highest BCUT2D eigenvalue weighted by molar-refractivity contribution is 6.31. The van der Waals surface area contributed by atoms with E-state index in [0.717, 1.165) is 36.6 Å². The van der Waals surface area contributed by atoms with Gasteiger partial charge < -0.3 is 10.1 Å². The first-order valence-electron chi connectivity index (χ1n) is 7.16. The second-order valence-electron chi connectivity index (χ2n) is 4.68. The van der Waals surface area contributed by atoms with E-state index < -0.39 is 0 Å². The Labute approximate surface area is 130 Å². The van der Waals surface area contributed by atoms with E-state index in [1.165, 1.54) is 0 Å². The monoisotopic (exact) mass is 308 g/mol. The first kappa shape index (κ1) is 15.8. The molecule has 1 N–H and O–H groups in total. The summed E-state index contributed by atoms with van der Waals surface area (Å²) in [4.78, 5) is 4.44. The first-order chi connectivity index (χ1) is 10.2. The topological polar surface area (TPSA) is 52.0 Å². The van der Waals surface area contributed by atoms with E-state index in [2.05, 4.69) is 29.2 Å². The molecule has 0 fully saturated rings. The predicted molar refractivity (Wildman–Crippen MR) is 83.8 cm³/mol. The molecule has 2 aromatic rings. The molecule has 2 rings (SSSR count). The zero-order chi connectivity index (χ0) is 15.2. The number of hydrogen-bond donors (Lipinski definition) is 1. The van der Waals surface area contributed by atoms with Crippen LogP contribution in [-0.4, -0.2) is 28.4 Å². The lowest BCUT2D eigenvalue weighted by Gasteiger charge is -2.21. The summed E-state index contributed by atoms with van der Waals surface area (Å²) in [6.45, 7) is 5.79. The molecule has 2 heterocycles. The van der Waals surface area contributed by atoms with Gasteiger partial charge in [0.1, 0.15) is 5.69 Å². The average Bonchev–Trinajstić information content (AvgIpc) is 2.89. The number of pyridine rings is 1. The zero-order valence-electron chi connectivity index (χ0n) is 12.6. The van der Waals surface area contributed by atoms with Crippen molar-refractivity contribution in [2.45, 2.75) is 32.9 Å². The molecule has 0 saturated heterocycles. The number of nitrogens with one attached hydrogen (secondary N) is 1. The van der Waals surface area contributed by atoms with Crippen molar-refractivity contribution in [2.75, 3.05) is 13.7 Å². The second kappa shape index (κ2) is 7.43. The number of hydrogen-bond acceptors (Lipinski definition) is 4. The van der Waals surface area contributed by atoms with Crippen molar-refractivity contribution in [1.29, 1.82) is 0 Å². The molecule has 0 aromatic carbocycles. The molecule has 1 atom stereocenters. The van der Waals surface area contributed by atoms with Gasteiger partial charge in [0, 0.05) is 12.7 Å². The molecule has 0 saturated carbocycles. The van der Waals surface area contributed by atoms with E-state index in [4.69, 9.17) is 16.3 Å². The van der Waals surface area contributed by atoms with E-state index in [1.807, 2.05) is 16.8 Å². The molecule has 0 bridgehead atoms. The van der Waals surface area contributed by atoms with E-state index in [-0.39, 0.29) is 6.04 Å². The highest BCUT2D eigenvalue weighted by Gasteiger charge is 2.25. The Morgan fingerprint density at radius 3 is 2.86 bits per heavy atom. The molecular weight excluding hydrogens is 288 g/mol. The number of nitrogens with zero attached hydrogens (tertiary/aromatic N) is 3. The van der Waals surface area contributed by atoms with Crippen LogP contribution in [0.25, 0.3) is 0 Å². The molecular formula is C15H21ClN4O. The van der Waals surface area contributed by atoms with Crippen molar-refractivity contribution in [1.82, 2.24) is 20.1 Å². The van der Waals surface area contributed by atoms with Gasteiger partial charge in [-0.1, -0.05) is 25.4 Å². The van der Waals surface area contributed by atoms with Crippen molar-refractivity contribution in [3.05, 3.63) is 40.9 Å². The van der Waals surface area contributed by atoms with Crippen LogP contribution in [0, 0.1) is 0 Å². The van der Waals surface area contributed by atoms with Gasteiger partial charge in [-0.05, 0) is 25.1 Å². The van der Waals surface area contributed by atoms with E-state index in [1.54, 1.807) is 19.5 Å². The molecule has 1 unspecified atom stereocenters. The highest BCUT2D eigenvalue weighted by atomic mass is 35.5. The maximum absolute atomic E-state index is 6.32. The fourth-order valence-corrected chi connectivity index (χ4v) is 2.58. The standard InChI is InChI=1S/C15H21ClN4O/c1-4-9-20-15(12(21-3)10-19-20)14(17-5-2)13-11(16)7-6-8-18-13/h6-8,10,14,17H,4-5,9H2,1-3H3. The van der Waals surface area contributed by atoms with Crippen molar-refractivity contribution >= 4 is 11.6 Å². The third-order valence-electron chi connectivity index (χ3n) is 3.24. The van der Waals surface area contributed by atoms with Crippen LogP contribution in [0.15, 0.2) is 24.5 Å². The number of ether oxygens (including phenoxy) is 1. The normalized spacial score (nSPS) is 12.4. The molecule has 0 aliphatic rings. The van der Waals surface area contributed by atoms with Crippen LogP contribution >= 0.6 is 11.6 Å². The Morgan fingerprint density at radius 1 is 1.43 bits per heavy atom. The molecule has 114 valence electrons. The summed E-state index contributed by atoms with van der Waals surface area (Å²) in [5.74, 6) is 0.746. The number of rotatable bonds is 7. The Morgan fingerprint density at radius 2 is 2.24 bits per heavy atom. The lowest BCUT2D eigenvalue weighted by Crippen LogP contribution is -2.26. The van der Waals surface area contributed by atoms with Crippen molar-refractivity contribution < 1.29 is 4.74 Å². The van der Waals surface area contributed by atoms with Crippen molar-refractivity contribution in [2.24, 2.45) is 0 Å². The third-order valence-corrected chi connectivity index (χ3v) is 3.56. The fourth-order valence-electron chi connectivity index (χ4n) is 2.35. The van der Waals surface area contributed by atoms with Gasteiger partial charge >= 0.3 is 0 Å². The zero-order valence-corrected chi connectivity index (χ0v) is 13.4. The fraction of sp³-hybridized carbons (Fsp3) is 0.467. The average molecular weight is 309 g/mol. The second-order valence-corrected chi connectivity index (χ2v) is 5.09. The minimum atomic E-state index is -0.146. The first-order valence-corrected chi connectivity index (χ1v) is 7.54. The molecule has 0 aliphatic carbocycles.